The number of aromatic hydroxyl groups is 1. The van der Waals surface area contributed by atoms with Gasteiger partial charge in [-0.1, -0.05) is 23.2 Å². The molecule has 5 nitrogen and oxygen atoms in total. The van der Waals surface area contributed by atoms with Gasteiger partial charge in [0, 0.05) is 22.6 Å². The standard InChI is InChI=1S/C20H15Cl2F2N3O2/c21-11-6-10(7-12(22)9-11)8-13-2-1-5-27(13)20(29)18-19(28)26-17-15(25-18)4-3-14(23)16(17)24/h3-4,6-7,9,13H,1-2,5,8H2,(H,26,28)/t13-/m0/s1. The van der Waals surface area contributed by atoms with Gasteiger partial charge in [0.2, 0.25) is 5.88 Å². The van der Waals surface area contributed by atoms with Crippen molar-refractivity contribution in [1.82, 2.24) is 14.9 Å². The number of hydrogen-bond donors (Lipinski definition) is 1. The number of fused-ring (bicyclic) bond motifs is 1. The minimum Gasteiger partial charge on any atom is -0.492 e. The Labute approximate surface area is 174 Å². The molecule has 3 aromatic rings. The van der Waals surface area contributed by atoms with Crippen LogP contribution in [0.15, 0.2) is 30.3 Å². The fourth-order valence-electron chi connectivity index (χ4n) is 3.65. The van der Waals surface area contributed by atoms with Gasteiger partial charge < -0.3 is 10.0 Å². The second kappa shape index (κ2) is 7.72. The maximum absolute atomic E-state index is 13.9. The van der Waals surface area contributed by atoms with E-state index in [2.05, 4.69) is 9.97 Å². The molecular weight excluding hydrogens is 423 g/mol. The predicted molar refractivity (Wildman–Crippen MR) is 105 cm³/mol. The number of carbonyl (C=O) groups excluding carboxylic acids is 1. The average Bonchev–Trinajstić information content (AvgIpc) is 3.11. The molecule has 0 unspecified atom stereocenters. The van der Waals surface area contributed by atoms with Gasteiger partial charge in [0.15, 0.2) is 17.3 Å². The smallest absolute Gasteiger partial charge is 0.278 e. The van der Waals surface area contributed by atoms with Crippen molar-refractivity contribution in [2.24, 2.45) is 0 Å². The van der Waals surface area contributed by atoms with E-state index in [1.165, 1.54) is 6.07 Å². The van der Waals surface area contributed by atoms with E-state index in [0.717, 1.165) is 24.5 Å². The van der Waals surface area contributed by atoms with Crippen molar-refractivity contribution >= 4 is 40.1 Å². The van der Waals surface area contributed by atoms with Crippen LogP contribution >= 0.6 is 23.2 Å². The molecule has 29 heavy (non-hydrogen) atoms. The molecule has 1 aliphatic rings. The van der Waals surface area contributed by atoms with Crippen LogP contribution < -0.4 is 0 Å². The molecule has 1 atom stereocenters. The van der Waals surface area contributed by atoms with Crippen molar-refractivity contribution in [3.63, 3.8) is 0 Å². The summed E-state index contributed by atoms with van der Waals surface area (Å²) in [6.07, 6.45) is 2.08. The van der Waals surface area contributed by atoms with E-state index in [1.807, 2.05) is 0 Å². The molecule has 0 radical (unpaired) electrons. The van der Waals surface area contributed by atoms with Gasteiger partial charge in [0.05, 0.1) is 5.52 Å². The largest absolute Gasteiger partial charge is 0.492 e. The highest BCUT2D eigenvalue weighted by atomic mass is 35.5. The van der Waals surface area contributed by atoms with Crippen LogP contribution in [0.1, 0.15) is 28.9 Å². The van der Waals surface area contributed by atoms with Crippen LogP contribution in [0.3, 0.4) is 0 Å². The Hall–Kier alpha value is -2.51. The Balaban J connectivity index is 1.64. The lowest BCUT2D eigenvalue weighted by Crippen LogP contribution is -2.37. The monoisotopic (exact) mass is 437 g/mol. The molecule has 1 fully saturated rings. The molecule has 1 aliphatic heterocycles. The first-order valence-electron chi connectivity index (χ1n) is 8.94. The lowest BCUT2D eigenvalue weighted by molar-refractivity contribution is 0.0726. The number of benzene rings is 2. The lowest BCUT2D eigenvalue weighted by atomic mass is 10.0. The maximum Gasteiger partial charge on any atom is 0.278 e. The normalized spacial score (nSPS) is 16.6. The average molecular weight is 438 g/mol. The Morgan fingerprint density at radius 2 is 1.90 bits per heavy atom. The van der Waals surface area contributed by atoms with Crippen molar-refractivity contribution < 1.29 is 18.7 Å². The molecule has 1 amide bonds. The molecule has 150 valence electrons. The molecule has 1 saturated heterocycles. The number of rotatable bonds is 3. The molecule has 0 saturated carbocycles. The van der Waals surface area contributed by atoms with Gasteiger partial charge in [-0.05, 0) is 55.2 Å². The summed E-state index contributed by atoms with van der Waals surface area (Å²) in [6, 6.07) is 7.19. The zero-order chi connectivity index (χ0) is 20.7. The highest BCUT2D eigenvalue weighted by Crippen LogP contribution is 2.28. The molecular formula is C20H15Cl2F2N3O2. The van der Waals surface area contributed by atoms with Crippen LogP contribution in [0, 0.1) is 11.6 Å². The fourth-order valence-corrected chi connectivity index (χ4v) is 4.22. The zero-order valence-corrected chi connectivity index (χ0v) is 16.5. The highest BCUT2D eigenvalue weighted by Gasteiger charge is 2.32. The van der Waals surface area contributed by atoms with Crippen molar-refractivity contribution in [3.8, 4) is 5.88 Å². The van der Waals surface area contributed by atoms with Crippen LogP contribution in [0.2, 0.25) is 10.0 Å². The van der Waals surface area contributed by atoms with Crippen LogP contribution in [-0.2, 0) is 6.42 Å². The topological polar surface area (TPSA) is 66.3 Å². The molecule has 4 rings (SSSR count). The molecule has 9 heteroatoms. The third-order valence-electron chi connectivity index (χ3n) is 4.94. The Bertz CT molecular complexity index is 1110. The third-order valence-corrected chi connectivity index (χ3v) is 5.38. The van der Waals surface area contributed by atoms with Gasteiger partial charge >= 0.3 is 0 Å². The van der Waals surface area contributed by atoms with Gasteiger partial charge in [-0.3, -0.25) is 4.79 Å². The summed E-state index contributed by atoms with van der Waals surface area (Å²) < 4.78 is 27.3. The van der Waals surface area contributed by atoms with Crippen molar-refractivity contribution in [3.05, 3.63) is 63.3 Å². The van der Waals surface area contributed by atoms with Gasteiger partial charge in [-0.25, -0.2) is 18.7 Å². The minimum absolute atomic E-state index is 0.0116. The molecule has 1 N–H and O–H groups in total. The van der Waals surface area contributed by atoms with Crippen LogP contribution in [0.5, 0.6) is 5.88 Å². The van der Waals surface area contributed by atoms with E-state index in [1.54, 1.807) is 23.1 Å². The molecule has 0 bridgehead atoms. The predicted octanol–water partition coefficient (Wildman–Crippen LogP) is 4.77. The fraction of sp³-hybridized carbons (Fsp3) is 0.250. The first-order valence-corrected chi connectivity index (χ1v) is 9.69. The Morgan fingerprint density at radius 3 is 2.62 bits per heavy atom. The first kappa shape index (κ1) is 19.8. The summed E-state index contributed by atoms with van der Waals surface area (Å²) in [7, 11) is 0. The van der Waals surface area contributed by atoms with Gasteiger partial charge in [0.1, 0.15) is 5.52 Å². The number of aromatic nitrogens is 2. The summed E-state index contributed by atoms with van der Waals surface area (Å²) in [4.78, 5) is 22.3. The zero-order valence-electron chi connectivity index (χ0n) is 15.0. The number of amides is 1. The molecule has 2 heterocycles. The van der Waals surface area contributed by atoms with E-state index in [4.69, 9.17) is 23.2 Å². The highest BCUT2D eigenvalue weighted by molar-refractivity contribution is 6.34. The van der Waals surface area contributed by atoms with E-state index in [0.29, 0.717) is 23.0 Å². The molecule has 2 aromatic carbocycles. The van der Waals surface area contributed by atoms with Crippen LogP contribution in [0.4, 0.5) is 8.78 Å². The molecule has 0 aliphatic carbocycles. The van der Waals surface area contributed by atoms with Crippen molar-refractivity contribution in [2.45, 2.75) is 25.3 Å². The number of halogens is 4. The van der Waals surface area contributed by atoms with Crippen molar-refractivity contribution in [2.75, 3.05) is 6.54 Å². The summed E-state index contributed by atoms with van der Waals surface area (Å²) in [5.74, 6) is -3.58. The second-order valence-electron chi connectivity index (χ2n) is 6.90. The second-order valence-corrected chi connectivity index (χ2v) is 7.77. The Kier molecular flexibility index (Phi) is 5.27. The summed E-state index contributed by atoms with van der Waals surface area (Å²) in [5, 5.41) is 11.2. The van der Waals surface area contributed by atoms with E-state index >= 15 is 0 Å². The molecule has 1 aromatic heterocycles. The van der Waals surface area contributed by atoms with Gasteiger partial charge in [-0.2, -0.15) is 0 Å². The maximum atomic E-state index is 13.9. The Morgan fingerprint density at radius 1 is 1.17 bits per heavy atom. The number of likely N-dealkylation sites (tertiary alicyclic amines) is 1. The quantitative estimate of drug-likeness (QED) is 0.640. The van der Waals surface area contributed by atoms with Crippen LogP contribution in [0.25, 0.3) is 11.0 Å². The van der Waals surface area contributed by atoms with Gasteiger partial charge in [-0.15, -0.1) is 0 Å². The molecule has 0 spiro atoms. The minimum atomic E-state index is -1.22. The van der Waals surface area contributed by atoms with Crippen molar-refractivity contribution in [1.29, 1.82) is 0 Å². The number of hydrogen-bond acceptors (Lipinski definition) is 4. The SMILES string of the molecule is O=C(c1nc2ccc(F)c(F)c2nc1O)N1CCC[C@H]1Cc1cc(Cl)cc(Cl)c1. The summed E-state index contributed by atoms with van der Waals surface area (Å²) in [5.41, 5.74) is 0.158. The van der Waals surface area contributed by atoms with E-state index in [-0.39, 0.29) is 17.3 Å². The lowest BCUT2D eigenvalue weighted by Gasteiger charge is -2.25. The summed E-state index contributed by atoms with van der Waals surface area (Å²) >= 11 is 12.1. The van der Waals surface area contributed by atoms with E-state index in [9.17, 15) is 18.7 Å². The number of nitrogens with zero attached hydrogens (tertiary/aromatic N) is 3. The van der Waals surface area contributed by atoms with Gasteiger partial charge in [0.25, 0.3) is 5.91 Å². The third kappa shape index (κ3) is 3.84. The summed E-state index contributed by atoms with van der Waals surface area (Å²) in [6.45, 7) is 0.481. The van der Waals surface area contributed by atoms with Crippen LogP contribution in [-0.4, -0.2) is 38.5 Å². The first-order chi connectivity index (χ1) is 13.8. The van der Waals surface area contributed by atoms with E-state index < -0.39 is 28.9 Å². The number of carbonyl (C=O) groups is 1.